The van der Waals surface area contributed by atoms with Crippen LogP contribution in [0.1, 0.15) is 24.1 Å². The smallest absolute Gasteiger partial charge is 0.0419 e. The fourth-order valence-electron chi connectivity index (χ4n) is 1.18. The normalized spacial score (nSPS) is 12.9. The standard InChI is InChI=1S/C10H16N2/c1-2-8-4-3-5-9(6-8)10(12)7-11/h3-6,10H,2,7,11-12H2,1H3. The Labute approximate surface area is 73.6 Å². The monoisotopic (exact) mass is 164 g/mol. The molecule has 1 unspecified atom stereocenters. The number of aryl methyl sites for hydroxylation is 1. The van der Waals surface area contributed by atoms with Gasteiger partial charge in [-0.15, -0.1) is 0 Å². The molecule has 0 aliphatic rings. The summed E-state index contributed by atoms with van der Waals surface area (Å²) in [6, 6.07) is 8.27. The van der Waals surface area contributed by atoms with Crippen LogP contribution in [-0.2, 0) is 6.42 Å². The molecule has 0 saturated carbocycles. The molecule has 0 radical (unpaired) electrons. The van der Waals surface area contributed by atoms with Crippen molar-refractivity contribution in [3.05, 3.63) is 35.4 Å². The summed E-state index contributed by atoms with van der Waals surface area (Å²) in [5.41, 5.74) is 13.7. The molecule has 1 rings (SSSR count). The van der Waals surface area contributed by atoms with Gasteiger partial charge in [-0.05, 0) is 17.5 Å². The van der Waals surface area contributed by atoms with Crippen LogP contribution in [0.25, 0.3) is 0 Å². The zero-order valence-electron chi connectivity index (χ0n) is 7.46. The molecule has 1 aromatic rings. The van der Waals surface area contributed by atoms with Gasteiger partial charge in [0, 0.05) is 12.6 Å². The Morgan fingerprint density at radius 1 is 1.42 bits per heavy atom. The summed E-state index contributed by atoms with van der Waals surface area (Å²) >= 11 is 0. The molecule has 2 heteroatoms. The van der Waals surface area contributed by atoms with Gasteiger partial charge in [0.25, 0.3) is 0 Å². The maximum Gasteiger partial charge on any atom is 0.0419 e. The van der Waals surface area contributed by atoms with Crippen molar-refractivity contribution >= 4 is 0 Å². The average Bonchev–Trinajstić information content (AvgIpc) is 2.17. The molecule has 0 aliphatic heterocycles. The van der Waals surface area contributed by atoms with Crippen molar-refractivity contribution in [1.82, 2.24) is 0 Å². The summed E-state index contributed by atoms with van der Waals surface area (Å²) in [4.78, 5) is 0. The van der Waals surface area contributed by atoms with Crippen LogP contribution < -0.4 is 11.5 Å². The van der Waals surface area contributed by atoms with Gasteiger partial charge in [-0.2, -0.15) is 0 Å². The summed E-state index contributed by atoms with van der Waals surface area (Å²) in [6.07, 6.45) is 1.05. The lowest BCUT2D eigenvalue weighted by molar-refractivity contribution is 0.735. The summed E-state index contributed by atoms with van der Waals surface area (Å²) < 4.78 is 0. The summed E-state index contributed by atoms with van der Waals surface area (Å²) in [5, 5.41) is 0. The molecule has 0 heterocycles. The van der Waals surface area contributed by atoms with Gasteiger partial charge in [-0.25, -0.2) is 0 Å². The lowest BCUT2D eigenvalue weighted by Gasteiger charge is -2.09. The van der Waals surface area contributed by atoms with E-state index < -0.39 is 0 Å². The highest BCUT2D eigenvalue weighted by molar-refractivity contribution is 5.25. The van der Waals surface area contributed by atoms with Crippen molar-refractivity contribution in [2.75, 3.05) is 6.54 Å². The second-order valence-electron chi connectivity index (χ2n) is 2.94. The minimum atomic E-state index is -0.0171. The van der Waals surface area contributed by atoms with Crippen LogP contribution in [-0.4, -0.2) is 6.54 Å². The lowest BCUT2D eigenvalue weighted by atomic mass is 10.0. The van der Waals surface area contributed by atoms with Gasteiger partial charge < -0.3 is 11.5 Å². The van der Waals surface area contributed by atoms with Crippen molar-refractivity contribution in [2.24, 2.45) is 11.5 Å². The SMILES string of the molecule is CCc1cccc(C(N)CN)c1. The molecule has 0 spiro atoms. The molecule has 0 aliphatic carbocycles. The van der Waals surface area contributed by atoms with Crippen LogP contribution in [0.15, 0.2) is 24.3 Å². The molecule has 1 aromatic carbocycles. The molecule has 12 heavy (non-hydrogen) atoms. The van der Waals surface area contributed by atoms with E-state index in [1.165, 1.54) is 5.56 Å². The minimum absolute atomic E-state index is 0.0171. The highest BCUT2D eigenvalue weighted by Crippen LogP contribution is 2.11. The number of rotatable bonds is 3. The van der Waals surface area contributed by atoms with Gasteiger partial charge in [0.1, 0.15) is 0 Å². The molecule has 66 valence electrons. The Balaban J connectivity index is 2.86. The van der Waals surface area contributed by atoms with Crippen molar-refractivity contribution in [1.29, 1.82) is 0 Å². The first kappa shape index (κ1) is 9.23. The van der Waals surface area contributed by atoms with Crippen LogP contribution in [0.2, 0.25) is 0 Å². The van der Waals surface area contributed by atoms with E-state index in [9.17, 15) is 0 Å². The fraction of sp³-hybridized carbons (Fsp3) is 0.400. The number of hydrogen-bond acceptors (Lipinski definition) is 2. The molecular weight excluding hydrogens is 148 g/mol. The van der Waals surface area contributed by atoms with Gasteiger partial charge in [-0.3, -0.25) is 0 Å². The molecule has 0 saturated heterocycles. The third-order valence-electron chi connectivity index (χ3n) is 2.04. The van der Waals surface area contributed by atoms with E-state index in [1.807, 2.05) is 12.1 Å². The van der Waals surface area contributed by atoms with Gasteiger partial charge >= 0.3 is 0 Å². The Kier molecular flexibility index (Phi) is 3.26. The topological polar surface area (TPSA) is 52.0 Å². The molecule has 4 N–H and O–H groups in total. The van der Waals surface area contributed by atoms with Gasteiger partial charge in [0.05, 0.1) is 0 Å². The summed E-state index contributed by atoms with van der Waals surface area (Å²) in [6.45, 7) is 2.64. The highest BCUT2D eigenvalue weighted by atomic mass is 14.7. The summed E-state index contributed by atoms with van der Waals surface area (Å²) in [5.74, 6) is 0. The molecule has 1 atom stereocenters. The maximum atomic E-state index is 5.79. The zero-order valence-corrected chi connectivity index (χ0v) is 7.46. The van der Waals surface area contributed by atoms with Crippen LogP contribution in [0, 0.1) is 0 Å². The van der Waals surface area contributed by atoms with E-state index in [-0.39, 0.29) is 6.04 Å². The third kappa shape index (κ3) is 2.06. The second kappa shape index (κ2) is 4.24. The first-order valence-electron chi connectivity index (χ1n) is 4.32. The van der Waals surface area contributed by atoms with E-state index in [4.69, 9.17) is 11.5 Å². The second-order valence-corrected chi connectivity index (χ2v) is 2.94. The van der Waals surface area contributed by atoms with Crippen LogP contribution in [0.4, 0.5) is 0 Å². The lowest BCUT2D eigenvalue weighted by Crippen LogP contribution is -2.20. The molecule has 2 nitrogen and oxygen atoms in total. The molecular formula is C10H16N2. The van der Waals surface area contributed by atoms with E-state index in [0.29, 0.717) is 6.54 Å². The Hall–Kier alpha value is -0.860. The fourth-order valence-corrected chi connectivity index (χ4v) is 1.18. The Bertz CT molecular complexity index is 245. The predicted molar refractivity (Wildman–Crippen MR) is 51.8 cm³/mol. The van der Waals surface area contributed by atoms with Gasteiger partial charge in [0.15, 0.2) is 0 Å². The van der Waals surface area contributed by atoms with Crippen molar-refractivity contribution in [3.8, 4) is 0 Å². The van der Waals surface area contributed by atoms with Crippen LogP contribution >= 0.6 is 0 Å². The molecule has 0 aromatic heterocycles. The van der Waals surface area contributed by atoms with Crippen molar-refractivity contribution < 1.29 is 0 Å². The molecule has 0 amide bonds. The van der Waals surface area contributed by atoms with Crippen LogP contribution in [0.5, 0.6) is 0 Å². The predicted octanol–water partition coefficient (Wildman–Crippen LogP) is 1.21. The number of benzene rings is 1. The third-order valence-corrected chi connectivity index (χ3v) is 2.04. The average molecular weight is 164 g/mol. The van der Waals surface area contributed by atoms with E-state index in [0.717, 1.165) is 12.0 Å². The molecule has 0 bridgehead atoms. The minimum Gasteiger partial charge on any atom is -0.329 e. The largest absolute Gasteiger partial charge is 0.329 e. The van der Waals surface area contributed by atoms with E-state index >= 15 is 0 Å². The first-order valence-corrected chi connectivity index (χ1v) is 4.32. The highest BCUT2D eigenvalue weighted by Gasteiger charge is 2.02. The Morgan fingerprint density at radius 3 is 2.75 bits per heavy atom. The van der Waals surface area contributed by atoms with Crippen LogP contribution in [0.3, 0.4) is 0 Å². The van der Waals surface area contributed by atoms with Crippen molar-refractivity contribution in [3.63, 3.8) is 0 Å². The van der Waals surface area contributed by atoms with E-state index in [1.54, 1.807) is 0 Å². The zero-order chi connectivity index (χ0) is 8.97. The van der Waals surface area contributed by atoms with E-state index in [2.05, 4.69) is 19.1 Å². The quantitative estimate of drug-likeness (QED) is 0.705. The Morgan fingerprint density at radius 2 is 2.17 bits per heavy atom. The van der Waals surface area contributed by atoms with Gasteiger partial charge in [-0.1, -0.05) is 31.2 Å². The number of hydrogen-bond donors (Lipinski definition) is 2. The first-order chi connectivity index (χ1) is 5.77. The van der Waals surface area contributed by atoms with Gasteiger partial charge in [0.2, 0.25) is 0 Å². The number of nitrogens with two attached hydrogens (primary N) is 2. The summed E-state index contributed by atoms with van der Waals surface area (Å²) in [7, 11) is 0. The molecule has 0 fully saturated rings. The van der Waals surface area contributed by atoms with Crippen molar-refractivity contribution in [2.45, 2.75) is 19.4 Å². The maximum absolute atomic E-state index is 5.79.